The van der Waals surface area contributed by atoms with Crippen molar-refractivity contribution in [2.75, 3.05) is 14.1 Å². The van der Waals surface area contributed by atoms with Gasteiger partial charge in [0.15, 0.2) is 4.80 Å². The van der Waals surface area contributed by atoms with E-state index in [1.165, 1.54) is 29.7 Å². The van der Waals surface area contributed by atoms with E-state index in [4.69, 9.17) is 4.99 Å². The highest BCUT2D eigenvalue weighted by Crippen LogP contribution is 2.27. The van der Waals surface area contributed by atoms with Gasteiger partial charge in [0.25, 0.3) is 0 Å². The van der Waals surface area contributed by atoms with Gasteiger partial charge in [-0.2, -0.15) is 0 Å². The van der Waals surface area contributed by atoms with E-state index in [1.54, 1.807) is 18.2 Å². The SMILES string of the molecule is CN(C)S(=O)(=O)c1cccc(-c2csc(=Nc3ccccc3)n2-c2ccccc2)c1. The number of hydrogen-bond acceptors (Lipinski definition) is 4. The van der Waals surface area contributed by atoms with Crippen LogP contribution >= 0.6 is 11.3 Å². The zero-order valence-corrected chi connectivity index (χ0v) is 18.3. The number of rotatable bonds is 5. The first-order chi connectivity index (χ1) is 14.5. The van der Waals surface area contributed by atoms with E-state index in [0.717, 1.165) is 27.4 Å². The summed E-state index contributed by atoms with van der Waals surface area (Å²) >= 11 is 1.52. The van der Waals surface area contributed by atoms with Gasteiger partial charge in [0.2, 0.25) is 10.0 Å². The third-order valence-corrected chi connectivity index (χ3v) is 7.25. The molecule has 0 saturated carbocycles. The van der Waals surface area contributed by atoms with E-state index in [2.05, 4.69) is 4.57 Å². The van der Waals surface area contributed by atoms with Gasteiger partial charge in [-0.05, 0) is 36.4 Å². The molecule has 4 rings (SSSR count). The molecule has 5 nitrogen and oxygen atoms in total. The van der Waals surface area contributed by atoms with Crippen LogP contribution in [0, 0.1) is 0 Å². The second-order valence-corrected chi connectivity index (χ2v) is 9.83. The lowest BCUT2D eigenvalue weighted by Gasteiger charge is -2.13. The number of aromatic nitrogens is 1. The Morgan fingerprint density at radius 1 is 0.867 bits per heavy atom. The lowest BCUT2D eigenvalue weighted by atomic mass is 10.1. The first kappa shape index (κ1) is 20.3. The van der Waals surface area contributed by atoms with Gasteiger partial charge in [-0.3, -0.25) is 4.57 Å². The van der Waals surface area contributed by atoms with E-state index in [1.807, 2.05) is 72.1 Å². The summed E-state index contributed by atoms with van der Waals surface area (Å²) in [5, 5.41) is 2.01. The Kier molecular flexibility index (Phi) is 5.67. The zero-order chi connectivity index (χ0) is 21.1. The van der Waals surface area contributed by atoms with Crippen LogP contribution in [0.3, 0.4) is 0 Å². The summed E-state index contributed by atoms with van der Waals surface area (Å²) < 4.78 is 28.5. The zero-order valence-electron chi connectivity index (χ0n) is 16.6. The van der Waals surface area contributed by atoms with E-state index in [9.17, 15) is 8.42 Å². The van der Waals surface area contributed by atoms with Gasteiger partial charge in [-0.1, -0.05) is 48.5 Å². The van der Waals surface area contributed by atoms with Crippen LogP contribution in [-0.4, -0.2) is 31.4 Å². The van der Waals surface area contributed by atoms with Crippen LogP contribution in [0.5, 0.6) is 0 Å². The molecule has 0 aliphatic carbocycles. The van der Waals surface area contributed by atoms with Crippen molar-refractivity contribution in [3.8, 4) is 16.9 Å². The van der Waals surface area contributed by atoms with Crippen LogP contribution in [0.25, 0.3) is 16.9 Å². The van der Waals surface area contributed by atoms with Crippen molar-refractivity contribution in [3.63, 3.8) is 0 Å². The van der Waals surface area contributed by atoms with Crippen LogP contribution < -0.4 is 4.80 Å². The Morgan fingerprint density at radius 3 is 2.20 bits per heavy atom. The second-order valence-electron chi connectivity index (χ2n) is 6.84. The second kappa shape index (κ2) is 8.39. The van der Waals surface area contributed by atoms with Gasteiger partial charge in [-0.25, -0.2) is 17.7 Å². The molecule has 1 aromatic heterocycles. The smallest absolute Gasteiger partial charge is 0.242 e. The van der Waals surface area contributed by atoms with Crippen LogP contribution in [-0.2, 0) is 10.0 Å². The molecule has 0 atom stereocenters. The number of benzene rings is 3. The largest absolute Gasteiger partial charge is 0.285 e. The maximum Gasteiger partial charge on any atom is 0.242 e. The van der Waals surface area contributed by atoms with Crippen molar-refractivity contribution in [3.05, 3.63) is 95.1 Å². The Morgan fingerprint density at radius 2 is 1.53 bits per heavy atom. The minimum Gasteiger partial charge on any atom is -0.285 e. The maximum atomic E-state index is 12.6. The molecule has 4 aromatic rings. The lowest BCUT2D eigenvalue weighted by molar-refractivity contribution is 0.521. The summed E-state index contributed by atoms with van der Waals surface area (Å²) in [4.78, 5) is 5.89. The summed E-state index contributed by atoms with van der Waals surface area (Å²) in [6.07, 6.45) is 0. The Balaban J connectivity index is 1.94. The molecule has 0 aliphatic rings. The highest BCUT2D eigenvalue weighted by Gasteiger charge is 2.19. The Bertz CT molecular complexity index is 1320. The van der Waals surface area contributed by atoms with Crippen LogP contribution in [0.4, 0.5) is 5.69 Å². The molecule has 0 aliphatic heterocycles. The Labute approximate surface area is 180 Å². The first-order valence-corrected chi connectivity index (χ1v) is 11.7. The number of sulfonamides is 1. The predicted molar refractivity (Wildman–Crippen MR) is 122 cm³/mol. The first-order valence-electron chi connectivity index (χ1n) is 9.35. The molecule has 30 heavy (non-hydrogen) atoms. The van der Waals surface area contributed by atoms with Crippen molar-refractivity contribution in [2.24, 2.45) is 4.99 Å². The molecular weight excluding hydrogens is 414 g/mol. The van der Waals surface area contributed by atoms with Gasteiger partial charge >= 0.3 is 0 Å². The van der Waals surface area contributed by atoms with Crippen molar-refractivity contribution >= 4 is 27.0 Å². The highest BCUT2D eigenvalue weighted by atomic mass is 32.2. The molecule has 7 heteroatoms. The normalized spacial score (nSPS) is 12.4. The summed E-state index contributed by atoms with van der Waals surface area (Å²) in [5.41, 5.74) is 3.52. The highest BCUT2D eigenvalue weighted by molar-refractivity contribution is 7.89. The number of nitrogens with zero attached hydrogens (tertiary/aromatic N) is 3. The molecule has 0 radical (unpaired) electrons. The molecule has 0 fully saturated rings. The predicted octanol–water partition coefficient (Wildman–Crippen LogP) is 4.69. The minimum absolute atomic E-state index is 0.261. The van der Waals surface area contributed by atoms with Crippen molar-refractivity contribution in [1.82, 2.24) is 8.87 Å². The van der Waals surface area contributed by atoms with Crippen molar-refractivity contribution < 1.29 is 8.42 Å². The Hall–Kier alpha value is -3.00. The number of thiazole rings is 1. The third kappa shape index (κ3) is 4.00. The summed E-state index contributed by atoms with van der Waals surface area (Å²) in [5.74, 6) is 0. The molecule has 0 N–H and O–H groups in total. The number of hydrogen-bond donors (Lipinski definition) is 0. The van der Waals surface area contributed by atoms with E-state index >= 15 is 0 Å². The summed E-state index contributed by atoms with van der Waals surface area (Å²) in [7, 11) is -0.452. The fraction of sp³-hybridized carbons (Fsp3) is 0.0870. The molecule has 0 unspecified atom stereocenters. The fourth-order valence-electron chi connectivity index (χ4n) is 3.06. The van der Waals surface area contributed by atoms with E-state index in [-0.39, 0.29) is 4.90 Å². The minimum atomic E-state index is -3.52. The molecule has 0 saturated heterocycles. The van der Waals surface area contributed by atoms with Gasteiger partial charge < -0.3 is 0 Å². The molecule has 0 spiro atoms. The van der Waals surface area contributed by atoms with E-state index < -0.39 is 10.0 Å². The topological polar surface area (TPSA) is 54.7 Å². The summed E-state index contributed by atoms with van der Waals surface area (Å²) in [6.45, 7) is 0. The number of para-hydroxylation sites is 2. The van der Waals surface area contributed by atoms with Gasteiger partial charge in [-0.15, -0.1) is 11.3 Å². The van der Waals surface area contributed by atoms with Crippen molar-refractivity contribution in [2.45, 2.75) is 4.90 Å². The van der Waals surface area contributed by atoms with Gasteiger partial charge in [0.05, 0.1) is 16.3 Å². The standard InChI is InChI=1S/C23H21N3O2S2/c1-25(2)30(27,28)21-15-9-10-18(16-21)22-17-29-23(24-19-11-5-3-6-12-19)26(22)20-13-7-4-8-14-20/h3-17H,1-2H3. The summed E-state index contributed by atoms with van der Waals surface area (Å²) in [6, 6.07) is 26.7. The maximum absolute atomic E-state index is 12.6. The molecule has 0 bridgehead atoms. The lowest BCUT2D eigenvalue weighted by Crippen LogP contribution is -2.22. The monoisotopic (exact) mass is 435 g/mol. The average Bonchev–Trinajstić information content (AvgIpc) is 3.18. The van der Waals surface area contributed by atoms with Crippen LogP contribution in [0.15, 0.2) is 100 Å². The van der Waals surface area contributed by atoms with Crippen LogP contribution in [0.1, 0.15) is 0 Å². The van der Waals surface area contributed by atoms with Crippen molar-refractivity contribution in [1.29, 1.82) is 0 Å². The van der Waals surface area contributed by atoms with Gasteiger partial charge in [0.1, 0.15) is 0 Å². The third-order valence-electron chi connectivity index (χ3n) is 4.61. The van der Waals surface area contributed by atoms with E-state index in [0.29, 0.717) is 0 Å². The molecule has 152 valence electrons. The average molecular weight is 436 g/mol. The van der Waals surface area contributed by atoms with Gasteiger partial charge in [0, 0.05) is 30.7 Å². The molecule has 3 aromatic carbocycles. The quantitative estimate of drug-likeness (QED) is 0.457. The fourth-order valence-corrected chi connectivity index (χ4v) is 4.93. The molecule has 0 amide bonds. The molecule has 1 heterocycles. The van der Waals surface area contributed by atoms with Crippen LogP contribution in [0.2, 0.25) is 0 Å². The molecular formula is C23H21N3O2S2.